The molecule has 33 heavy (non-hydrogen) atoms. The van der Waals surface area contributed by atoms with Gasteiger partial charge in [0.05, 0.1) is 11.4 Å². The topological polar surface area (TPSA) is 67.2 Å². The molecule has 2 aromatic carbocycles. The van der Waals surface area contributed by atoms with Crippen LogP contribution in [0.4, 0.5) is 0 Å². The normalized spacial score (nSPS) is 13.7. The predicted octanol–water partition coefficient (Wildman–Crippen LogP) is 4.87. The summed E-state index contributed by atoms with van der Waals surface area (Å²) in [5.74, 6) is 0.264. The number of imidazole rings is 1. The number of rotatable bonds is 7. The Hall–Kier alpha value is -2.77. The van der Waals surface area contributed by atoms with E-state index in [-0.39, 0.29) is 17.6 Å². The quantitative estimate of drug-likeness (QED) is 0.488. The van der Waals surface area contributed by atoms with Gasteiger partial charge in [0.1, 0.15) is 0 Å². The van der Waals surface area contributed by atoms with Crippen molar-refractivity contribution in [2.24, 2.45) is 0 Å². The van der Waals surface area contributed by atoms with E-state index in [1.54, 1.807) is 6.20 Å². The minimum Gasteiger partial charge on any atom is -0.351 e. The standard InChI is InChI=1S/C25H27ClN4O2S/c1-18-21(26)6-5-7-22(18)30-15-12-27-25(30)33-17-23(31)28-16-19-8-10-20(11-9-19)24(32)29-13-3-2-4-14-29/h5-12,15H,2-4,13-14,16-17H2,1H3,(H,28,31). The van der Waals surface area contributed by atoms with Crippen LogP contribution in [0.15, 0.2) is 60.0 Å². The van der Waals surface area contributed by atoms with Gasteiger partial charge in [0, 0.05) is 42.6 Å². The van der Waals surface area contributed by atoms with E-state index in [9.17, 15) is 9.59 Å². The molecule has 0 bridgehead atoms. The number of hydrogen-bond donors (Lipinski definition) is 1. The zero-order chi connectivity index (χ0) is 23.2. The molecule has 2 heterocycles. The van der Waals surface area contributed by atoms with Crippen LogP contribution in [0.2, 0.25) is 5.02 Å². The van der Waals surface area contributed by atoms with Gasteiger partial charge in [0.25, 0.3) is 5.91 Å². The van der Waals surface area contributed by atoms with E-state index >= 15 is 0 Å². The molecule has 4 rings (SSSR count). The minimum atomic E-state index is -0.0779. The number of likely N-dealkylation sites (tertiary alicyclic amines) is 1. The number of hydrogen-bond acceptors (Lipinski definition) is 4. The molecule has 0 unspecified atom stereocenters. The molecule has 0 atom stereocenters. The molecular formula is C25H27ClN4O2S. The summed E-state index contributed by atoms with van der Waals surface area (Å²) in [6, 6.07) is 13.2. The Bertz CT molecular complexity index is 1120. The smallest absolute Gasteiger partial charge is 0.253 e. The fourth-order valence-electron chi connectivity index (χ4n) is 3.86. The van der Waals surface area contributed by atoms with Gasteiger partial charge in [-0.2, -0.15) is 0 Å². The largest absolute Gasteiger partial charge is 0.351 e. The third kappa shape index (κ3) is 5.78. The van der Waals surface area contributed by atoms with Crippen molar-refractivity contribution in [3.63, 3.8) is 0 Å². The summed E-state index contributed by atoms with van der Waals surface area (Å²) in [6.07, 6.45) is 6.93. The molecule has 0 aliphatic carbocycles. The van der Waals surface area contributed by atoms with Crippen LogP contribution in [-0.2, 0) is 11.3 Å². The lowest BCUT2D eigenvalue weighted by molar-refractivity contribution is -0.118. The van der Waals surface area contributed by atoms with Crippen molar-refractivity contribution in [2.75, 3.05) is 18.8 Å². The van der Waals surface area contributed by atoms with E-state index in [2.05, 4.69) is 10.3 Å². The number of nitrogens with one attached hydrogen (secondary N) is 1. The molecule has 8 heteroatoms. The first-order valence-electron chi connectivity index (χ1n) is 11.1. The summed E-state index contributed by atoms with van der Waals surface area (Å²) < 4.78 is 1.94. The average Bonchev–Trinajstić information content (AvgIpc) is 3.32. The molecule has 2 amide bonds. The number of halogens is 1. The maximum absolute atomic E-state index is 12.6. The number of nitrogens with zero attached hydrogens (tertiary/aromatic N) is 3. The fraction of sp³-hybridized carbons (Fsp3) is 0.320. The summed E-state index contributed by atoms with van der Waals surface area (Å²) in [5.41, 5.74) is 3.57. The molecule has 172 valence electrons. The van der Waals surface area contributed by atoms with Crippen molar-refractivity contribution in [2.45, 2.75) is 37.9 Å². The highest BCUT2D eigenvalue weighted by atomic mass is 35.5. The molecular weight excluding hydrogens is 456 g/mol. The van der Waals surface area contributed by atoms with Crippen molar-refractivity contribution in [3.8, 4) is 5.69 Å². The molecule has 1 aromatic heterocycles. The summed E-state index contributed by atoms with van der Waals surface area (Å²) in [6.45, 7) is 4.05. The van der Waals surface area contributed by atoms with Gasteiger partial charge in [-0.25, -0.2) is 4.98 Å². The van der Waals surface area contributed by atoms with E-state index in [4.69, 9.17) is 11.6 Å². The van der Waals surface area contributed by atoms with Crippen molar-refractivity contribution < 1.29 is 9.59 Å². The zero-order valence-electron chi connectivity index (χ0n) is 18.6. The molecule has 6 nitrogen and oxygen atoms in total. The number of piperidine rings is 1. The SMILES string of the molecule is Cc1c(Cl)cccc1-n1ccnc1SCC(=O)NCc1ccc(C(=O)N2CCCCC2)cc1. The van der Waals surface area contributed by atoms with Crippen LogP contribution in [0, 0.1) is 6.92 Å². The molecule has 3 aromatic rings. The monoisotopic (exact) mass is 482 g/mol. The van der Waals surface area contributed by atoms with Gasteiger partial charge < -0.3 is 10.2 Å². The van der Waals surface area contributed by atoms with Crippen molar-refractivity contribution in [1.82, 2.24) is 19.8 Å². The summed E-state index contributed by atoms with van der Waals surface area (Å²) in [4.78, 5) is 31.3. The predicted molar refractivity (Wildman–Crippen MR) is 132 cm³/mol. The number of thioether (sulfide) groups is 1. The average molecular weight is 483 g/mol. The second-order valence-corrected chi connectivity index (χ2v) is 9.43. The van der Waals surface area contributed by atoms with Crippen LogP contribution in [0.5, 0.6) is 0 Å². The van der Waals surface area contributed by atoms with E-state index in [1.165, 1.54) is 18.2 Å². The van der Waals surface area contributed by atoms with Gasteiger partial charge in [-0.1, -0.05) is 41.6 Å². The molecule has 0 saturated carbocycles. The lowest BCUT2D eigenvalue weighted by Gasteiger charge is -2.26. The highest BCUT2D eigenvalue weighted by Gasteiger charge is 2.18. The van der Waals surface area contributed by atoms with E-state index < -0.39 is 0 Å². The van der Waals surface area contributed by atoms with Crippen LogP contribution < -0.4 is 5.32 Å². The second kappa shape index (κ2) is 10.9. The highest BCUT2D eigenvalue weighted by Crippen LogP contribution is 2.26. The van der Waals surface area contributed by atoms with Gasteiger partial charge in [-0.3, -0.25) is 14.2 Å². The minimum absolute atomic E-state index is 0.0779. The van der Waals surface area contributed by atoms with E-state index in [1.807, 2.05) is 65.1 Å². The zero-order valence-corrected chi connectivity index (χ0v) is 20.2. The molecule has 1 saturated heterocycles. The lowest BCUT2D eigenvalue weighted by Crippen LogP contribution is -2.35. The van der Waals surface area contributed by atoms with Crippen molar-refractivity contribution in [1.29, 1.82) is 0 Å². The first kappa shape index (κ1) is 23.4. The Morgan fingerprint density at radius 3 is 2.61 bits per heavy atom. The number of aromatic nitrogens is 2. The van der Waals surface area contributed by atoms with Crippen LogP contribution in [0.1, 0.15) is 40.7 Å². The highest BCUT2D eigenvalue weighted by molar-refractivity contribution is 7.99. The molecule has 1 aliphatic rings. The van der Waals surface area contributed by atoms with Gasteiger partial charge in [-0.15, -0.1) is 0 Å². The van der Waals surface area contributed by atoms with Crippen LogP contribution in [-0.4, -0.2) is 45.1 Å². The van der Waals surface area contributed by atoms with Crippen molar-refractivity contribution in [3.05, 3.63) is 76.6 Å². The van der Waals surface area contributed by atoms with Crippen LogP contribution >= 0.6 is 23.4 Å². The maximum Gasteiger partial charge on any atom is 0.253 e. The summed E-state index contributed by atoms with van der Waals surface area (Å²) in [7, 11) is 0. The van der Waals surface area contributed by atoms with E-state index in [0.29, 0.717) is 17.1 Å². The fourth-order valence-corrected chi connectivity index (χ4v) is 4.83. The Kier molecular flexibility index (Phi) is 7.73. The number of carbonyl (C=O) groups is 2. The summed E-state index contributed by atoms with van der Waals surface area (Å²) in [5, 5.41) is 4.37. The first-order valence-corrected chi connectivity index (χ1v) is 12.5. The Morgan fingerprint density at radius 2 is 1.85 bits per heavy atom. The Balaban J connectivity index is 1.29. The molecule has 1 fully saturated rings. The van der Waals surface area contributed by atoms with Gasteiger partial charge in [-0.05, 0) is 61.6 Å². The van der Waals surface area contributed by atoms with Crippen LogP contribution in [0.3, 0.4) is 0 Å². The number of amides is 2. The third-order valence-corrected chi connectivity index (χ3v) is 7.15. The molecule has 1 aliphatic heterocycles. The third-order valence-electron chi connectivity index (χ3n) is 5.77. The molecule has 0 spiro atoms. The Morgan fingerprint density at radius 1 is 1.09 bits per heavy atom. The van der Waals surface area contributed by atoms with Gasteiger partial charge >= 0.3 is 0 Å². The maximum atomic E-state index is 12.6. The van der Waals surface area contributed by atoms with Gasteiger partial charge in [0.15, 0.2) is 5.16 Å². The molecule has 0 radical (unpaired) electrons. The number of benzene rings is 2. The van der Waals surface area contributed by atoms with E-state index in [0.717, 1.165) is 47.9 Å². The number of carbonyl (C=O) groups excluding carboxylic acids is 2. The second-order valence-electron chi connectivity index (χ2n) is 8.08. The summed E-state index contributed by atoms with van der Waals surface area (Å²) >= 11 is 7.63. The Labute approximate surface area is 203 Å². The molecule has 1 N–H and O–H groups in total. The van der Waals surface area contributed by atoms with Crippen molar-refractivity contribution >= 4 is 35.2 Å². The first-order chi connectivity index (χ1) is 16.0. The van der Waals surface area contributed by atoms with Crippen LogP contribution in [0.25, 0.3) is 5.69 Å². The lowest BCUT2D eigenvalue weighted by atomic mass is 10.1. The van der Waals surface area contributed by atoms with Gasteiger partial charge in [0.2, 0.25) is 5.91 Å².